The van der Waals surface area contributed by atoms with Gasteiger partial charge in [0.2, 0.25) is 12.2 Å². The summed E-state index contributed by atoms with van der Waals surface area (Å²) in [5.74, 6) is -0.899. The fourth-order valence-electron chi connectivity index (χ4n) is 15.7. The molecule has 0 bridgehead atoms. The number of hydrogen-bond donors (Lipinski definition) is 9. The Labute approximate surface area is 424 Å². The van der Waals surface area contributed by atoms with Crippen LogP contribution in [0.3, 0.4) is 0 Å². The molecular formula is C54H87NO17. The van der Waals surface area contributed by atoms with Gasteiger partial charge in [-0.3, -0.25) is 9.59 Å². The third-order valence-corrected chi connectivity index (χ3v) is 20.5. The number of esters is 1. The molecule has 8 aliphatic rings. The first kappa shape index (κ1) is 56.0. The van der Waals surface area contributed by atoms with E-state index in [-0.39, 0.29) is 52.4 Å². The molecule has 0 aromatic heterocycles. The number of aliphatic hydroxyl groups excluding tert-OH is 8. The van der Waals surface area contributed by atoms with E-state index < -0.39 is 121 Å². The maximum Gasteiger partial charge on any atom is 0.315 e. The number of hydrogen-bond acceptors (Lipinski definition) is 17. The molecule has 3 aliphatic heterocycles. The third kappa shape index (κ3) is 9.47. The number of amides is 1. The van der Waals surface area contributed by atoms with E-state index in [0.717, 1.165) is 57.7 Å². The van der Waals surface area contributed by atoms with Gasteiger partial charge in [0, 0.05) is 6.42 Å². The van der Waals surface area contributed by atoms with Crippen LogP contribution in [-0.2, 0) is 42.8 Å². The van der Waals surface area contributed by atoms with Gasteiger partial charge in [0.1, 0.15) is 55.1 Å². The molecule has 1 amide bonds. The fourth-order valence-corrected chi connectivity index (χ4v) is 15.7. The predicted molar refractivity (Wildman–Crippen MR) is 258 cm³/mol. The Morgan fingerprint density at radius 1 is 0.778 bits per heavy atom. The summed E-state index contributed by atoms with van der Waals surface area (Å²) in [6.45, 7) is 16.0. The van der Waals surface area contributed by atoms with Crippen molar-refractivity contribution in [2.75, 3.05) is 13.2 Å². The molecule has 9 N–H and O–H groups in total. The van der Waals surface area contributed by atoms with Gasteiger partial charge in [-0.2, -0.15) is 0 Å². The monoisotopic (exact) mass is 1020 g/mol. The third-order valence-electron chi connectivity index (χ3n) is 20.5. The van der Waals surface area contributed by atoms with Crippen LogP contribution in [0, 0.1) is 50.2 Å². The first-order chi connectivity index (χ1) is 33.9. The Balaban J connectivity index is 1.08. The molecule has 0 radical (unpaired) electrons. The molecule has 0 spiro atoms. The van der Waals surface area contributed by atoms with Crippen LogP contribution in [0.2, 0.25) is 0 Å². The number of aldehydes is 1. The van der Waals surface area contributed by atoms with Gasteiger partial charge < -0.3 is 79.4 Å². The number of ether oxygens (including phenoxy) is 6. The van der Waals surface area contributed by atoms with Crippen molar-refractivity contribution in [1.29, 1.82) is 0 Å². The second kappa shape index (κ2) is 21.0. The zero-order valence-electron chi connectivity index (χ0n) is 43.8. The van der Waals surface area contributed by atoms with E-state index in [1.54, 1.807) is 0 Å². The smallest absolute Gasteiger partial charge is 0.315 e. The molecule has 410 valence electrons. The minimum absolute atomic E-state index is 0.0361. The van der Waals surface area contributed by atoms with Crippen molar-refractivity contribution in [2.45, 2.75) is 244 Å². The van der Waals surface area contributed by atoms with Crippen LogP contribution in [-0.4, -0.2) is 164 Å². The summed E-state index contributed by atoms with van der Waals surface area (Å²) in [4.78, 5) is 41.7. The van der Waals surface area contributed by atoms with Gasteiger partial charge in [-0.25, -0.2) is 0 Å². The molecule has 8 rings (SSSR count). The molecular weight excluding hydrogens is 935 g/mol. The topological polar surface area (TPSA) is 280 Å². The Morgan fingerprint density at radius 2 is 1.47 bits per heavy atom. The summed E-state index contributed by atoms with van der Waals surface area (Å²) in [6, 6.07) is -1.26. The Kier molecular flexibility index (Phi) is 16.3. The number of carbonyl (C=O) groups is 3. The molecule has 18 heteroatoms. The zero-order chi connectivity index (χ0) is 52.5. The highest BCUT2D eigenvalue weighted by molar-refractivity contribution is 5.79. The number of fused-ring (bicyclic) bond motifs is 7. The number of rotatable bonds is 14. The standard InChI is InChI=1S/C54H87NO17/c1-9-10-11-12-13-36(60)55-37-32(25-56)69-47(44(39(37)62)71-46-42(65)40(63)43(28(2)68-46)70-45-41(64)38(61)31(58)26-67-45)72-48(66)54-22-20-49(3,4)24-30(54)29-14-15-34-50(5)18-17-35(59)51(6,27-57)33(50)16-19-53(34,8)52(29,7)21-23-54/h14,27-28,30-35,37-47,56,58-59,61-65H,9-13,15-26H2,1-8H3,(H,55,60)/t28-,30?,31-,32-,33?,34?,35+,37+,38?,39?,40?,41?,42?,43+,44?,45+,46+,47+,50?,51-,52-,53-,54+/m1/s1. The van der Waals surface area contributed by atoms with Crippen molar-refractivity contribution in [3.63, 3.8) is 0 Å². The molecule has 3 saturated heterocycles. The first-order valence-electron chi connectivity index (χ1n) is 27.1. The molecule has 7 fully saturated rings. The average molecular weight is 1020 g/mol. The van der Waals surface area contributed by atoms with Gasteiger partial charge in [-0.1, -0.05) is 79.4 Å². The second-order valence-corrected chi connectivity index (χ2v) is 25.1. The molecule has 5 aliphatic carbocycles. The zero-order valence-corrected chi connectivity index (χ0v) is 43.8. The predicted octanol–water partition coefficient (Wildman–Crippen LogP) is 3.08. The second-order valence-electron chi connectivity index (χ2n) is 25.1. The normalized spacial score (nSPS) is 50.0. The Morgan fingerprint density at radius 3 is 2.17 bits per heavy atom. The molecule has 0 aromatic carbocycles. The van der Waals surface area contributed by atoms with Crippen LogP contribution >= 0.6 is 0 Å². The van der Waals surface area contributed by atoms with Gasteiger partial charge in [0.05, 0.1) is 42.3 Å². The van der Waals surface area contributed by atoms with Gasteiger partial charge in [-0.05, 0) is 117 Å². The summed E-state index contributed by atoms with van der Waals surface area (Å²) < 4.78 is 36.5. The lowest BCUT2D eigenvalue weighted by Crippen LogP contribution is -2.68. The highest BCUT2D eigenvalue weighted by Crippen LogP contribution is 2.76. The minimum Gasteiger partial charge on any atom is -0.432 e. The Bertz CT molecular complexity index is 1990. The van der Waals surface area contributed by atoms with E-state index >= 15 is 4.79 Å². The van der Waals surface area contributed by atoms with Crippen molar-refractivity contribution in [3.05, 3.63) is 11.6 Å². The van der Waals surface area contributed by atoms with Crippen molar-refractivity contribution in [3.8, 4) is 0 Å². The van der Waals surface area contributed by atoms with Crippen LogP contribution < -0.4 is 5.32 Å². The van der Waals surface area contributed by atoms with E-state index in [4.69, 9.17) is 28.4 Å². The van der Waals surface area contributed by atoms with Gasteiger partial charge in [0.15, 0.2) is 18.7 Å². The SMILES string of the molecule is CCCCCCC(=O)N[C@@H]1C(O)C(O[C@@H]2O[C@H](C)[C@H](O[C@@H]3OC[C@@H](O)C(O)C3O)C(O)C2O)[C@H](OC(=O)[C@]23CCC(C)(C)CC2C2=CCC4C5(C)CC[C@H](O)[C@](C)(C=O)C5CC[C@@]4(C)[C@]2(C)CC3)O[C@@H]1CO. The molecule has 0 aromatic rings. The summed E-state index contributed by atoms with van der Waals surface area (Å²) in [6.07, 6.45) is -7.04. The van der Waals surface area contributed by atoms with Crippen LogP contribution in [0.5, 0.6) is 0 Å². The lowest BCUT2D eigenvalue weighted by atomic mass is 9.33. The maximum absolute atomic E-state index is 15.5. The molecule has 23 atom stereocenters. The van der Waals surface area contributed by atoms with Crippen LogP contribution in [0.15, 0.2) is 11.6 Å². The largest absolute Gasteiger partial charge is 0.432 e. The number of aliphatic hydroxyl groups is 8. The van der Waals surface area contributed by atoms with Crippen LogP contribution in [0.25, 0.3) is 0 Å². The lowest BCUT2D eigenvalue weighted by Gasteiger charge is -2.71. The molecule has 72 heavy (non-hydrogen) atoms. The number of nitrogens with one attached hydrogen (secondary N) is 1. The summed E-state index contributed by atoms with van der Waals surface area (Å²) in [5, 5.41) is 90.9. The molecule has 3 heterocycles. The first-order valence-corrected chi connectivity index (χ1v) is 27.1. The quantitative estimate of drug-likeness (QED) is 0.0523. The minimum atomic E-state index is -1.88. The maximum atomic E-state index is 15.5. The van der Waals surface area contributed by atoms with Gasteiger partial charge >= 0.3 is 5.97 Å². The van der Waals surface area contributed by atoms with Crippen molar-refractivity contribution < 1.29 is 83.7 Å². The lowest BCUT2D eigenvalue weighted by molar-refractivity contribution is -0.369. The fraction of sp³-hybridized carbons (Fsp3) is 0.907. The van der Waals surface area contributed by atoms with E-state index in [1.807, 2.05) is 6.92 Å². The molecule has 10 unspecified atom stereocenters. The number of allylic oxidation sites excluding steroid dienone is 2. The average Bonchev–Trinajstić information content (AvgIpc) is 3.33. The van der Waals surface area contributed by atoms with Crippen LogP contribution in [0.4, 0.5) is 0 Å². The van der Waals surface area contributed by atoms with E-state index in [2.05, 4.69) is 52.9 Å². The van der Waals surface area contributed by atoms with Crippen LogP contribution in [0.1, 0.15) is 152 Å². The highest BCUT2D eigenvalue weighted by Gasteiger charge is 2.70. The molecule has 4 saturated carbocycles. The number of unbranched alkanes of at least 4 members (excludes halogenated alkanes) is 3. The van der Waals surface area contributed by atoms with Crippen molar-refractivity contribution >= 4 is 18.2 Å². The van der Waals surface area contributed by atoms with E-state index in [0.29, 0.717) is 38.5 Å². The summed E-state index contributed by atoms with van der Waals surface area (Å²) in [5.41, 5.74) is -1.38. The van der Waals surface area contributed by atoms with Gasteiger partial charge in [-0.15, -0.1) is 0 Å². The van der Waals surface area contributed by atoms with Gasteiger partial charge in [0.25, 0.3) is 0 Å². The summed E-state index contributed by atoms with van der Waals surface area (Å²) >= 11 is 0. The summed E-state index contributed by atoms with van der Waals surface area (Å²) in [7, 11) is 0. The van der Waals surface area contributed by atoms with Crippen molar-refractivity contribution in [2.24, 2.45) is 50.2 Å². The van der Waals surface area contributed by atoms with Crippen molar-refractivity contribution in [1.82, 2.24) is 5.32 Å². The number of carbonyl (C=O) groups excluding carboxylic acids is 3. The van der Waals surface area contributed by atoms with E-state index in [1.165, 1.54) is 12.5 Å². The highest BCUT2D eigenvalue weighted by atomic mass is 16.8. The van der Waals surface area contributed by atoms with E-state index in [9.17, 15) is 50.4 Å². The Hall–Kier alpha value is -2.17. The molecule has 18 nitrogen and oxygen atoms in total.